The Labute approximate surface area is 125 Å². The molecule has 0 saturated carbocycles. The van der Waals surface area contributed by atoms with E-state index in [0.717, 1.165) is 25.0 Å². The molecule has 0 unspecified atom stereocenters. The maximum Gasteiger partial charge on any atom is 0.187 e. The smallest absolute Gasteiger partial charge is 0.187 e. The summed E-state index contributed by atoms with van der Waals surface area (Å²) in [6, 6.07) is 8.59. The third kappa shape index (κ3) is 4.02. The van der Waals surface area contributed by atoms with Crippen LogP contribution in [0.2, 0.25) is 0 Å². The minimum Gasteiger partial charge on any atom is -0.383 e. The quantitative estimate of drug-likeness (QED) is 0.659. The summed E-state index contributed by atoms with van der Waals surface area (Å²) in [4.78, 5) is 0. The van der Waals surface area contributed by atoms with Crippen LogP contribution in [-0.4, -0.2) is 30.6 Å². The zero-order valence-electron chi connectivity index (χ0n) is 12.0. The first-order valence-electron chi connectivity index (χ1n) is 6.91. The molecule has 1 aromatic rings. The molecular formula is C15H21N3OS. The fourth-order valence-electron chi connectivity index (χ4n) is 2.38. The number of nitrogens with one attached hydrogen (secondary N) is 2. The van der Waals surface area contributed by atoms with Gasteiger partial charge in [0, 0.05) is 18.7 Å². The Hall–Kier alpha value is -1.46. The van der Waals surface area contributed by atoms with E-state index in [-0.39, 0.29) is 6.04 Å². The Bertz CT molecular complexity index is 502. The standard InChI is InChI=1S/C15H21N3OS/c1-11(10-19-2)16-15(20)18-17-14-9-5-7-12-6-3-4-8-13(12)14/h3-4,6,8,11H,5,7,9-10H2,1-2H3,(H2,16,18,20)/b17-14-/t11-/m1/s1. The van der Waals surface area contributed by atoms with Crippen molar-refractivity contribution in [2.45, 2.75) is 32.2 Å². The Morgan fingerprint density at radius 3 is 3.00 bits per heavy atom. The Kier molecular flexibility index (Phi) is 5.49. The monoisotopic (exact) mass is 291 g/mol. The SMILES string of the molecule is COC[C@@H](C)NC(=S)N/N=C1/CCCc2ccccc21. The van der Waals surface area contributed by atoms with Crippen LogP contribution < -0.4 is 10.7 Å². The molecule has 5 heteroatoms. The highest BCUT2D eigenvalue weighted by Crippen LogP contribution is 2.20. The average Bonchev–Trinajstić information content (AvgIpc) is 2.45. The number of hydrazone groups is 1. The first-order valence-corrected chi connectivity index (χ1v) is 7.32. The van der Waals surface area contributed by atoms with Crippen LogP contribution >= 0.6 is 12.2 Å². The van der Waals surface area contributed by atoms with E-state index in [0.29, 0.717) is 11.7 Å². The van der Waals surface area contributed by atoms with Crippen LogP contribution in [0.15, 0.2) is 29.4 Å². The van der Waals surface area contributed by atoms with Crippen molar-refractivity contribution in [3.8, 4) is 0 Å². The number of methoxy groups -OCH3 is 1. The van der Waals surface area contributed by atoms with Crippen molar-refractivity contribution >= 4 is 23.0 Å². The Morgan fingerprint density at radius 2 is 2.20 bits per heavy atom. The first kappa shape index (κ1) is 14.9. The van der Waals surface area contributed by atoms with Gasteiger partial charge in [-0.15, -0.1) is 0 Å². The van der Waals surface area contributed by atoms with Crippen LogP contribution in [0.25, 0.3) is 0 Å². The second-order valence-corrected chi connectivity index (χ2v) is 5.42. The van der Waals surface area contributed by atoms with Gasteiger partial charge in [-0.2, -0.15) is 5.10 Å². The molecule has 0 heterocycles. The summed E-state index contributed by atoms with van der Waals surface area (Å²) in [6.45, 7) is 2.63. The maximum absolute atomic E-state index is 5.23. The fraction of sp³-hybridized carbons (Fsp3) is 0.467. The lowest BCUT2D eigenvalue weighted by Gasteiger charge is -2.18. The van der Waals surface area contributed by atoms with E-state index in [9.17, 15) is 0 Å². The number of ether oxygens (including phenoxy) is 1. The number of nitrogens with zero attached hydrogens (tertiary/aromatic N) is 1. The third-order valence-corrected chi connectivity index (χ3v) is 3.48. The molecule has 0 bridgehead atoms. The molecule has 0 fully saturated rings. The highest BCUT2D eigenvalue weighted by molar-refractivity contribution is 7.80. The molecule has 0 spiro atoms. The maximum atomic E-state index is 5.23. The lowest BCUT2D eigenvalue weighted by atomic mass is 9.90. The van der Waals surface area contributed by atoms with Gasteiger partial charge in [-0.25, -0.2) is 0 Å². The summed E-state index contributed by atoms with van der Waals surface area (Å²) in [6.07, 6.45) is 3.25. The van der Waals surface area contributed by atoms with E-state index in [4.69, 9.17) is 17.0 Å². The molecule has 0 aromatic heterocycles. The van der Waals surface area contributed by atoms with Gasteiger partial charge < -0.3 is 10.1 Å². The van der Waals surface area contributed by atoms with Crippen LogP contribution in [-0.2, 0) is 11.2 Å². The second kappa shape index (κ2) is 7.36. The van der Waals surface area contributed by atoms with Crippen LogP contribution in [0.1, 0.15) is 30.9 Å². The number of hydrogen-bond acceptors (Lipinski definition) is 3. The van der Waals surface area contributed by atoms with Gasteiger partial charge in [-0.3, -0.25) is 5.43 Å². The van der Waals surface area contributed by atoms with Crippen LogP contribution in [0.4, 0.5) is 0 Å². The lowest BCUT2D eigenvalue weighted by Crippen LogP contribution is -2.41. The fourth-order valence-corrected chi connectivity index (χ4v) is 2.63. The zero-order chi connectivity index (χ0) is 14.4. The van der Waals surface area contributed by atoms with Crippen LogP contribution in [0, 0.1) is 0 Å². The van der Waals surface area contributed by atoms with E-state index in [1.807, 2.05) is 6.92 Å². The van der Waals surface area contributed by atoms with E-state index < -0.39 is 0 Å². The minimum absolute atomic E-state index is 0.166. The van der Waals surface area contributed by atoms with Crippen molar-refractivity contribution in [1.29, 1.82) is 0 Å². The van der Waals surface area contributed by atoms with Gasteiger partial charge >= 0.3 is 0 Å². The largest absolute Gasteiger partial charge is 0.383 e. The molecule has 2 N–H and O–H groups in total. The molecule has 0 aliphatic heterocycles. The van der Waals surface area contributed by atoms with Crippen molar-refractivity contribution in [2.75, 3.05) is 13.7 Å². The van der Waals surface area contributed by atoms with Gasteiger partial charge in [-0.1, -0.05) is 24.3 Å². The summed E-state index contributed by atoms with van der Waals surface area (Å²) >= 11 is 5.23. The first-order chi connectivity index (χ1) is 9.70. The predicted molar refractivity (Wildman–Crippen MR) is 86.1 cm³/mol. The van der Waals surface area contributed by atoms with Gasteiger partial charge in [0.25, 0.3) is 0 Å². The van der Waals surface area contributed by atoms with Gasteiger partial charge in [0.15, 0.2) is 5.11 Å². The normalized spacial score (nSPS) is 17.4. The molecule has 1 aliphatic carbocycles. The highest BCUT2D eigenvalue weighted by Gasteiger charge is 2.14. The molecule has 20 heavy (non-hydrogen) atoms. The highest BCUT2D eigenvalue weighted by atomic mass is 32.1. The number of benzene rings is 1. The molecule has 4 nitrogen and oxygen atoms in total. The Morgan fingerprint density at radius 1 is 1.40 bits per heavy atom. The van der Waals surface area contributed by atoms with Crippen molar-refractivity contribution in [2.24, 2.45) is 5.10 Å². The average molecular weight is 291 g/mol. The number of hydrogen-bond donors (Lipinski definition) is 2. The number of fused-ring (bicyclic) bond motifs is 1. The molecule has 108 valence electrons. The molecule has 0 radical (unpaired) electrons. The molecule has 2 rings (SSSR count). The van der Waals surface area contributed by atoms with Gasteiger partial charge in [0.05, 0.1) is 12.3 Å². The molecule has 0 amide bonds. The van der Waals surface area contributed by atoms with Crippen molar-refractivity contribution in [3.05, 3.63) is 35.4 Å². The summed E-state index contributed by atoms with van der Waals surface area (Å²) in [7, 11) is 1.67. The van der Waals surface area contributed by atoms with E-state index in [1.165, 1.54) is 11.1 Å². The van der Waals surface area contributed by atoms with Gasteiger partial charge in [0.1, 0.15) is 0 Å². The summed E-state index contributed by atoms with van der Waals surface area (Å²) in [5, 5.41) is 8.12. The summed E-state index contributed by atoms with van der Waals surface area (Å²) < 4.78 is 5.06. The molecule has 1 aliphatic rings. The predicted octanol–water partition coefficient (Wildman–Crippen LogP) is 2.23. The number of thiocarbonyl (C=S) groups is 1. The molecular weight excluding hydrogens is 270 g/mol. The Balaban J connectivity index is 1.97. The molecule has 0 saturated heterocycles. The summed E-state index contributed by atoms with van der Waals surface area (Å²) in [5.74, 6) is 0. The number of rotatable bonds is 4. The van der Waals surface area contributed by atoms with Gasteiger partial charge in [-0.05, 0) is 44.0 Å². The lowest BCUT2D eigenvalue weighted by molar-refractivity contribution is 0.179. The number of aryl methyl sites for hydroxylation is 1. The van der Waals surface area contributed by atoms with Crippen molar-refractivity contribution in [3.63, 3.8) is 0 Å². The van der Waals surface area contributed by atoms with Crippen LogP contribution in [0.5, 0.6) is 0 Å². The molecule has 1 aromatic carbocycles. The van der Waals surface area contributed by atoms with Crippen molar-refractivity contribution in [1.82, 2.24) is 10.7 Å². The van der Waals surface area contributed by atoms with Crippen LogP contribution in [0.3, 0.4) is 0 Å². The van der Waals surface area contributed by atoms with E-state index in [1.54, 1.807) is 7.11 Å². The van der Waals surface area contributed by atoms with E-state index in [2.05, 4.69) is 40.1 Å². The zero-order valence-corrected chi connectivity index (χ0v) is 12.8. The second-order valence-electron chi connectivity index (χ2n) is 5.01. The summed E-state index contributed by atoms with van der Waals surface area (Å²) in [5.41, 5.74) is 6.62. The van der Waals surface area contributed by atoms with Crippen molar-refractivity contribution < 1.29 is 4.74 Å². The minimum atomic E-state index is 0.166. The molecule has 1 atom stereocenters. The van der Waals surface area contributed by atoms with Gasteiger partial charge in [0.2, 0.25) is 0 Å². The van der Waals surface area contributed by atoms with E-state index >= 15 is 0 Å². The third-order valence-electron chi connectivity index (χ3n) is 3.27. The topological polar surface area (TPSA) is 45.6 Å².